The summed E-state index contributed by atoms with van der Waals surface area (Å²) < 4.78 is 1.74. The number of thioether (sulfide) groups is 1. The van der Waals surface area contributed by atoms with Gasteiger partial charge in [0, 0.05) is 0 Å². The fourth-order valence-corrected chi connectivity index (χ4v) is 3.27. The van der Waals surface area contributed by atoms with E-state index in [9.17, 15) is 9.59 Å². The van der Waals surface area contributed by atoms with Gasteiger partial charge in [-0.1, -0.05) is 35.2 Å². The monoisotopic (exact) mass is 293 g/mol. The van der Waals surface area contributed by atoms with Crippen LogP contribution in [0, 0.1) is 0 Å². The largest absolute Gasteiger partial charge is 0.481 e. The number of benzene rings is 1. The van der Waals surface area contributed by atoms with Gasteiger partial charge in [-0.25, -0.2) is 4.98 Å². The lowest BCUT2D eigenvalue weighted by Crippen LogP contribution is -2.15. The Labute approximate surface area is 114 Å². The Balaban J connectivity index is 2.17. The van der Waals surface area contributed by atoms with E-state index in [1.54, 1.807) is 18.2 Å². The third kappa shape index (κ3) is 2.20. The maximum absolute atomic E-state index is 12.2. The normalized spacial score (nSPS) is 11.2. The summed E-state index contributed by atoms with van der Waals surface area (Å²) in [5, 5.41) is 13.2. The van der Waals surface area contributed by atoms with E-state index in [2.05, 4.69) is 10.1 Å². The van der Waals surface area contributed by atoms with Gasteiger partial charge in [-0.3, -0.25) is 9.59 Å². The second kappa shape index (κ2) is 4.63. The standard InChI is InChI=1S/C11H7N3O3S2/c15-8(16)5-18-11-13-14-9(17)6-3-1-2-4-7(6)12-10(14)19-11/h1-4H,5H2,(H,15,16). The molecule has 0 aliphatic heterocycles. The molecule has 0 fully saturated rings. The van der Waals surface area contributed by atoms with Gasteiger partial charge in [0.1, 0.15) is 0 Å². The quantitative estimate of drug-likeness (QED) is 0.736. The Morgan fingerprint density at radius 1 is 1.42 bits per heavy atom. The van der Waals surface area contributed by atoms with Crippen LogP contribution in [0.1, 0.15) is 0 Å². The molecule has 0 aliphatic rings. The van der Waals surface area contributed by atoms with E-state index in [0.717, 1.165) is 11.8 Å². The molecule has 0 radical (unpaired) electrons. The van der Waals surface area contributed by atoms with Crippen LogP contribution in [0.3, 0.4) is 0 Å². The van der Waals surface area contributed by atoms with E-state index >= 15 is 0 Å². The molecule has 3 aromatic rings. The summed E-state index contributed by atoms with van der Waals surface area (Å²) in [5.74, 6) is -1.01. The Bertz CT molecular complexity index is 840. The molecule has 2 aromatic heterocycles. The predicted molar refractivity (Wildman–Crippen MR) is 73.0 cm³/mol. The van der Waals surface area contributed by atoms with Crippen molar-refractivity contribution in [3.05, 3.63) is 34.6 Å². The smallest absolute Gasteiger partial charge is 0.313 e. The minimum Gasteiger partial charge on any atom is -0.481 e. The summed E-state index contributed by atoms with van der Waals surface area (Å²) >= 11 is 2.29. The number of carboxylic acids is 1. The summed E-state index contributed by atoms with van der Waals surface area (Å²) in [4.78, 5) is 27.5. The second-order valence-electron chi connectivity index (χ2n) is 3.68. The molecule has 1 aromatic carbocycles. The lowest BCUT2D eigenvalue weighted by molar-refractivity contribution is -0.133. The molecule has 2 heterocycles. The number of aromatic nitrogens is 3. The Morgan fingerprint density at radius 2 is 2.21 bits per heavy atom. The highest BCUT2D eigenvalue weighted by Crippen LogP contribution is 2.23. The predicted octanol–water partition coefficient (Wildman–Crippen LogP) is 1.48. The van der Waals surface area contributed by atoms with Crippen LogP contribution in [-0.4, -0.2) is 31.4 Å². The van der Waals surface area contributed by atoms with Crippen LogP contribution < -0.4 is 5.56 Å². The fraction of sp³-hybridized carbons (Fsp3) is 0.0909. The van der Waals surface area contributed by atoms with E-state index in [4.69, 9.17) is 5.11 Å². The van der Waals surface area contributed by atoms with E-state index in [1.165, 1.54) is 15.9 Å². The molecule has 0 saturated heterocycles. The Hall–Kier alpha value is -1.93. The van der Waals surface area contributed by atoms with Crippen molar-refractivity contribution in [2.45, 2.75) is 4.34 Å². The molecule has 0 amide bonds. The maximum Gasteiger partial charge on any atom is 0.313 e. The topological polar surface area (TPSA) is 84.6 Å². The van der Waals surface area contributed by atoms with Gasteiger partial charge >= 0.3 is 5.97 Å². The number of aliphatic carboxylic acids is 1. The average Bonchev–Trinajstić information content (AvgIpc) is 2.80. The first-order chi connectivity index (χ1) is 9.15. The SMILES string of the molecule is O=C(O)CSc1nn2c(=O)c3ccccc3nc2s1. The number of fused-ring (bicyclic) bond motifs is 2. The van der Waals surface area contributed by atoms with Crippen molar-refractivity contribution < 1.29 is 9.90 Å². The van der Waals surface area contributed by atoms with Crippen LogP contribution in [0.2, 0.25) is 0 Å². The molecule has 0 saturated carbocycles. The molecule has 0 aliphatic carbocycles. The van der Waals surface area contributed by atoms with Crippen LogP contribution in [0.15, 0.2) is 33.4 Å². The molecule has 1 N–H and O–H groups in total. The minimum atomic E-state index is -0.922. The number of carbonyl (C=O) groups is 1. The van der Waals surface area contributed by atoms with Gasteiger partial charge in [-0.2, -0.15) is 4.52 Å². The third-order valence-electron chi connectivity index (χ3n) is 2.40. The third-order valence-corrected chi connectivity index (χ3v) is 4.43. The lowest BCUT2D eigenvalue weighted by atomic mass is 10.2. The van der Waals surface area contributed by atoms with Gasteiger partial charge < -0.3 is 5.11 Å². The molecule has 3 rings (SSSR count). The van der Waals surface area contributed by atoms with Crippen molar-refractivity contribution in [2.75, 3.05) is 5.75 Å². The van der Waals surface area contributed by atoms with Gasteiger partial charge in [-0.05, 0) is 12.1 Å². The van der Waals surface area contributed by atoms with Gasteiger partial charge in [0.15, 0.2) is 4.34 Å². The number of rotatable bonds is 3. The van der Waals surface area contributed by atoms with E-state index in [1.807, 2.05) is 6.07 Å². The first-order valence-electron chi connectivity index (χ1n) is 5.28. The summed E-state index contributed by atoms with van der Waals surface area (Å²) in [6.45, 7) is 0. The number of hydrogen-bond donors (Lipinski definition) is 1. The fourth-order valence-electron chi connectivity index (χ4n) is 1.62. The lowest BCUT2D eigenvalue weighted by Gasteiger charge is -1.95. The van der Waals surface area contributed by atoms with Gasteiger partial charge in [0.05, 0.1) is 16.7 Å². The first-order valence-corrected chi connectivity index (χ1v) is 7.08. The summed E-state index contributed by atoms with van der Waals surface area (Å²) in [5.41, 5.74) is 0.380. The molecule has 8 heteroatoms. The molecule has 6 nitrogen and oxygen atoms in total. The number of carboxylic acid groups (broad SMARTS) is 1. The van der Waals surface area contributed by atoms with Crippen LogP contribution in [0.25, 0.3) is 15.9 Å². The number of para-hydroxylation sites is 1. The molecule has 19 heavy (non-hydrogen) atoms. The molecule has 0 bridgehead atoms. The number of hydrogen-bond acceptors (Lipinski definition) is 6. The van der Waals surface area contributed by atoms with E-state index in [0.29, 0.717) is 20.2 Å². The van der Waals surface area contributed by atoms with E-state index < -0.39 is 5.97 Å². The average molecular weight is 293 g/mol. The molecular formula is C11H7N3O3S2. The first kappa shape index (κ1) is 12.1. The zero-order valence-electron chi connectivity index (χ0n) is 9.44. The molecule has 0 atom stereocenters. The van der Waals surface area contributed by atoms with Crippen molar-refractivity contribution in [3.8, 4) is 0 Å². The highest BCUT2D eigenvalue weighted by atomic mass is 32.2. The summed E-state index contributed by atoms with van der Waals surface area (Å²) in [6.07, 6.45) is 0. The van der Waals surface area contributed by atoms with Crippen LogP contribution >= 0.6 is 23.1 Å². The highest BCUT2D eigenvalue weighted by molar-refractivity contribution is 8.01. The van der Waals surface area contributed by atoms with Crippen molar-refractivity contribution in [3.63, 3.8) is 0 Å². The van der Waals surface area contributed by atoms with Gasteiger partial charge in [0.2, 0.25) is 4.96 Å². The molecular weight excluding hydrogens is 286 g/mol. The van der Waals surface area contributed by atoms with Gasteiger partial charge in [-0.15, -0.1) is 5.10 Å². The highest BCUT2D eigenvalue weighted by Gasteiger charge is 2.11. The summed E-state index contributed by atoms with van der Waals surface area (Å²) in [7, 11) is 0. The minimum absolute atomic E-state index is 0.0892. The second-order valence-corrected chi connectivity index (χ2v) is 5.86. The maximum atomic E-state index is 12.2. The van der Waals surface area contributed by atoms with Crippen LogP contribution in [-0.2, 0) is 4.79 Å². The van der Waals surface area contributed by atoms with Crippen molar-refractivity contribution in [1.29, 1.82) is 0 Å². The number of nitrogens with zero attached hydrogens (tertiary/aromatic N) is 3. The van der Waals surface area contributed by atoms with Crippen LogP contribution in [0.5, 0.6) is 0 Å². The molecule has 0 unspecified atom stereocenters. The Morgan fingerprint density at radius 3 is 3.00 bits per heavy atom. The van der Waals surface area contributed by atoms with Crippen molar-refractivity contribution >= 4 is 44.9 Å². The zero-order chi connectivity index (χ0) is 13.4. The molecule has 96 valence electrons. The van der Waals surface area contributed by atoms with Crippen molar-refractivity contribution in [2.24, 2.45) is 0 Å². The van der Waals surface area contributed by atoms with Crippen LogP contribution in [0.4, 0.5) is 0 Å². The molecule has 0 spiro atoms. The van der Waals surface area contributed by atoms with Gasteiger partial charge in [0.25, 0.3) is 5.56 Å². The zero-order valence-corrected chi connectivity index (χ0v) is 11.1. The Kier molecular flexibility index (Phi) is 2.96. The van der Waals surface area contributed by atoms with E-state index in [-0.39, 0.29) is 11.3 Å². The van der Waals surface area contributed by atoms with Crippen molar-refractivity contribution in [1.82, 2.24) is 14.6 Å². The summed E-state index contributed by atoms with van der Waals surface area (Å²) in [6, 6.07) is 7.04.